The second-order valence-electron chi connectivity index (χ2n) is 8.71. The van der Waals surface area contributed by atoms with Crippen molar-refractivity contribution in [2.24, 2.45) is 11.8 Å². The summed E-state index contributed by atoms with van der Waals surface area (Å²) in [4.78, 5) is 17.9. The molecule has 3 rings (SSSR count). The van der Waals surface area contributed by atoms with E-state index in [4.69, 9.17) is 14.2 Å². The summed E-state index contributed by atoms with van der Waals surface area (Å²) in [6.45, 7) is 6.01. The number of allylic oxidation sites excluding steroid dienone is 1. The maximum Gasteiger partial charge on any atom is 0.348 e. The Labute approximate surface area is 176 Å². The summed E-state index contributed by atoms with van der Waals surface area (Å²) in [5.41, 5.74) is 0. The van der Waals surface area contributed by atoms with Crippen molar-refractivity contribution in [2.45, 2.75) is 31.7 Å². The van der Waals surface area contributed by atoms with Crippen LogP contribution < -0.4 is 10.4 Å². The molecule has 2 aromatic rings. The van der Waals surface area contributed by atoms with Crippen molar-refractivity contribution in [2.75, 3.05) is 6.61 Å². The zero-order valence-corrected chi connectivity index (χ0v) is 19.1. The number of alkyl halides is 2. The molecule has 1 fully saturated rings. The predicted molar refractivity (Wildman–Crippen MR) is 117 cm³/mol. The van der Waals surface area contributed by atoms with Crippen LogP contribution in [0.5, 0.6) is 0 Å². The summed E-state index contributed by atoms with van der Waals surface area (Å²) in [6.07, 6.45) is 0.931. The molecule has 0 amide bonds. The lowest BCUT2D eigenvalue weighted by Gasteiger charge is -2.43. The largest absolute Gasteiger partial charge is 0.407 e. The first-order chi connectivity index (χ1) is 13.9. The van der Waals surface area contributed by atoms with Crippen LogP contribution in [0.4, 0.5) is 8.78 Å². The van der Waals surface area contributed by atoms with E-state index in [1.807, 2.05) is 60.7 Å². The van der Waals surface area contributed by atoms with Crippen LogP contribution in [0.2, 0.25) is 5.04 Å². The van der Waals surface area contributed by atoms with Crippen LogP contribution in [0.1, 0.15) is 20.8 Å². The minimum absolute atomic E-state index is 0.184. The van der Waals surface area contributed by atoms with Gasteiger partial charge in [-0.2, -0.15) is 0 Å². The summed E-state index contributed by atoms with van der Waals surface area (Å²) in [5, 5.41) is 1.65. The van der Waals surface area contributed by atoms with Crippen LogP contribution in [0.3, 0.4) is 0 Å². The van der Waals surface area contributed by atoms with Gasteiger partial charge in [-0.1, -0.05) is 87.5 Å². The molecular formula is C22H27F2O4PSi. The Morgan fingerprint density at radius 1 is 1.03 bits per heavy atom. The van der Waals surface area contributed by atoms with Crippen molar-refractivity contribution in [3.05, 3.63) is 72.6 Å². The van der Waals surface area contributed by atoms with Gasteiger partial charge in [-0.25, -0.2) is 8.78 Å². The lowest BCUT2D eigenvalue weighted by molar-refractivity contribution is 0.0780. The van der Waals surface area contributed by atoms with Crippen LogP contribution in [-0.4, -0.2) is 30.6 Å². The maximum absolute atomic E-state index is 14.3. The molecule has 2 atom stereocenters. The fourth-order valence-corrected chi connectivity index (χ4v) is 9.07. The number of halogens is 2. The van der Waals surface area contributed by atoms with E-state index in [-0.39, 0.29) is 11.6 Å². The molecule has 2 N–H and O–H groups in total. The van der Waals surface area contributed by atoms with Gasteiger partial charge in [-0.15, -0.1) is 0 Å². The molecule has 0 saturated heterocycles. The highest BCUT2D eigenvalue weighted by Crippen LogP contribution is 2.57. The summed E-state index contributed by atoms with van der Waals surface area (Å²) in [5.74, 6) is -4.82. The van der Waals surface area contributed by atoms with Gasteiger partial charge in [0.2, 0.25) is 0 Å². The fourth-order valence-electron chi connectivity index (χ4n) is 4.07. The summed E-state index contributed by atoms with van der Waals surface area (Å²) < 4.78 is 46.2. The molecule has 0 aromatic heterocycles. The third-order valence-corrected chi connectivity index (χ3v) is 11.2. The molecule has 1 aliphatic carbocycles. The molecule has 2 aromatic carbocycles. The van der Waals surface area contributed by atoms with E-state index in [2.05, 4.69) is 20.8 Å². The van der Waals surface area contributed by atoms with Crippen molar-refractivity contribution < 1.29 is 27.6 Å². The Balaban J connectivity index is 1.97. The first-order valence-electron chi connectivity index (χ1n) is 9.77. The normalized spacial score (nSPS) is 21.7. The van der Waals surface area contributed by atoms with E-state index in [9.17, 15) is 13.3 Å². The molecule has 0 aliphatic heterocycles. The molecule has 0 bridgehead atoms. The van der Waals surface area contributed by atoms with E-state index in [1.54, 1.807) is 0 Å². The fraction of sp³-hybridized carbons (Fsp3) is 0.364. The minimum Gasteiger partial charge on any atom is -0.407 e. The standard InChI is InChI=1S/C22H27F2O4PSi/c1-21(2,3)30(17-10-6-4-7-11-17,18-12-8-5-9-13-18)28-16-20-19(22(20,23)24)14-15-29(25,26)27/h4-15,19-20H,16H2,1-3H3,(H2,25,26,27). The lowest BCUT2D eigenvalue weighted by atomic mass is 10.2. The quantitative estimate of drug-likeness (QED) is 0.490. The number of benzene rings is 2. The topological polar surface area (TPSA) is 66.8 Å². The van der Waals surface area contributed by atoms with Crippen molar-refractivity contribution >= 4 is 26.3 Å². The predicted octanol–water partition coefficient (Wildman–Crippen LogP) is 4.14. The molecule has 0 radical (unpaired) electrons. The van der Waals surface area contributed by atoms with E-state index < -0.39 is 33.7 Å². The van der Waals surface area contributed by atoms with Gasteiger partial charge in [0, 0.05) is 12.4 Å². The number of rotatable bonds is 7. The van der Waals surface area contributed by atoms with Gasteiger partial charge in [0.15, 0.2) is 0 Å². The van der Waals surface area contributed by atoms with Crippen molar-refractivity contribution in [1.29, 1.82) is 0 Å². The smallest absolute Gasteiger partial charge is 0.348 e. The monoisotopic (exact) mass is 452 g/mol. The minimum atomic E-state index is -4.48. The molecule has 30 heavy (non-hydrogen) atoms. The SMILES string of the molecule is CC(C)(C)[Si](OCC1C(C=CP(=O)(O)O)C1(F)F)(c1ccccc1)c1ccccc1. The van der Waals surface area contributed by atoms with Crippen molar-refractivity contribution in [1.82, 2.24) is 0 Å². The number of hydrogen-bond donors (Lipinski definition) is 2. The zero-order valence-electron chi connectivity index (χ0n) is 17.2. The van der Waals surface area contributed by atoms with Crippen LogP contribution >= 0.6 is 7.60 Å². The Morgan fingerprint density at radius 2 is 1.50 bits per heavy atom. The summed E-state index contributed by atoms with van der Waals surface area (Å²) in [7, 11) is -7.42. The zero-order chi connectivity index (χ0) is 22.2. The first-order valence-corrected chi connectivity index (χ1v) is 13.4. The van der Waals surface area contributed by atoms with Gasteiger partial charge >= 0.3 is 7.60 Å². The van der Waals surface area contributed by atoms with Crippen LogP contribution in [0.15, 0.2) is 72.6 Å². The highest BCUT2D eigenvalue weighted by atomic mass is 31.2. The van der Waals surface area contributed by atoms with Crippen molar-refractivity contribution in [3.63, 3.8) is 0 Å². The van der Waals surface area contributed by atoms with Crippen LogP contribution in [0, 0.1) is 11.8 Å². The van der Waals surface area contributed by atoms with Gasteiger partial charge in [0.25, 0.3) is 14.2 Å². The van der Waals surface area contributed by atoms with Gasteiger partial charge in [-0.05, 0) is 15.4 Å². The lowest BCUT2D eigenvalue weighted by Crippen LogP contribution is -2.66. The van der Waals surface area contributed by atoms with E-state index in [0.29, 0.717) is 5.82 Å². The van der Waals surface area contributed by atoms with Gasteiger partial charge in [-0.3, -0.25) is 4.57 Å². The van der Waals surface area contributed by atoms with Gasteiger partial charge in [0.1, 0.15) is 0 Å². The summed E-state index contributed by atoms with van der Waals surface area (Å²) in [6, 6.07) is 19.5. The first kappa shape index (κ1) is 23.0. The molecule has 162 valence electrons. The summed E-state index contributed by atoms with van der Waals surface area (Å²) >= 11 is 0. The molecule has 8 heteroatoms. The average Bonchev–Trinajstić information content (AvgIpc) is 3.20. The molecule has 4 nitrogen and oxygen atoms in total. The third kappa shape index (κ3) is 4.51. The van der Waals surface area contributed by atoms with Crippen LogP contribution in [-0.2, 0) is 8.99 Å². The highest BCUT2D eigenvalue weighted by Gasteiger charge is 2.67. The van der Waals surface area contributed by atoms with Gasteiger partial charge < -0.3 is 14.2 Å². The second-order valence-corrected chi connectivity index (χ2v) is 14.5. The van der Waals surface area contributed by atoms with E-state index in [1.165, 1.54) is 0 Å². The Morgan fingerprint density at radius 3 is 1.90 bits per heavy atom. The Hall–Kier alpha value is -1.63. The second kappa shape index (κ2) is 8.13. The molecule has 0 heterocycles. The van der Waals surface area contributed by atoms with Gasteiger partial charge in [0.05, 0.1) is 11.8 Å². The average molecular weight is 453 g/mol. The molecule has 1 saturated carbocycles. The van der Waals surface area contributed by atoms with Crippen molar-refractivity contribution in [3.8, 4) is 0 Å². The Kier molecular flexibility index (Phi) is 6.25. The van der Waals surface area contributed by atoms with Crippen LogP contribution in [0.25, 0.3) is 0 Å². The highest BCUT2D eigenvalue weighted by molar-refractivity contribution is 7.55. The maximum atomic E-state index is 14.3. The van der Waals surface area contributed by atoms with E-state index in [0.717, 1.165) is 16.4 Å². The Bertz CT molecular complexity index is 899. The number of hydrogen-bond acceptors (Lipinski definition) is 2. The third-order valence-electron chi connectivity index (χ3n) is 5.65. The molecule has 2 unspecified atom stereocenters. The molecule has 1 aliphatic rings. The molecule has 0 spiro atoms. The van der Waals surface area contributed by atoms with E-state index >= 15 is 0 Å². The molecular weight excluding hydrogens is 425 g/mol.